The molecule has 0 aromatic heterocycles. The summed E-state index contributed by atoms with van der Waals surface area (Å²) < 4.78 is 18.5. The fraction of sp³-hybridized carbons (Fsp3) is 0.318. The molecule has 3 heterocycles. The minimum absolute atomic E-state index is 0.0941. The van der Waals surface area contributed by atoms with Crippen molar-refractivity contribution in [2.75, 3.05) is 32.1 Å². The molecule has 3 aliphatic rings. The molecule has 2 atom stereocenters. The topological polar surface area (TPSA) is 68.7 Å². The van der Waals surface area contributed by atoms with Crippen molar-refractivity contribution in [3.8, 4) is 5.75 Å². The zero-order valence-electron chi connectivity index (χ0n) is 17.2. The molecule has 3 amide bonds. The van der Waals surface area contributed by atoms with Crippen LogP contribution in [0.3, 0.4) is 0 Å². The number of guanidine groups is 1. The van der Waals surface area contributed by atoms with E-state index in [0.29, 0.717) is 24.6 Å². The van der Waals surface area contributed by atoms with Crippen LogP contribution in [-0.2, 0) is 11.3 Å². The monoisotopic (exact) mass is 423 g/mol. The van der Waals surface area contributed by atoms with E-state index in [-0.39, 0.29) is 18.3 Å². The SMILES string of the molecule is COc1ccc(N2CCN3C2=NC2C3C(=O)N(Cc3ccc(F)cc3)C(=O)N2C)cc1. The summed E-state index contributed by atoms with van der Waals surface area (Å²) in [5, 5.41) is 0. The molecule has 3 aliphatic heterocycles. The van der Waals surface area contributed by atoms with E-state index in [1.807, 2.05) is 34.1 Å². The fourth-order valence-corrected chi connectivity index (χ4v) is 4.36. The molecule has 2 aromatic rings. The van der Waals surface area contributed by atoms with Gasteiger partial charge in [0.1, 0.15) is 11.6 Å². The Kier molecular flexibility index (Phi) is 4.53. The molecule has 2 aromatic carbocycles. The van der Waals surface area contributed by atoms with Crippen LogP contribution in [0.15, 0.2) is 53.5 Å². The minimum Gasteiger partial charge on any atom is -0.497 e. The largest absolute Gasteiger partial charge is 0.497 e. The van der Waals surface area contributed by atoms with Gasteiger partial charge in [-0.15, -0.1) is 0 Å². The van der Waals surface area contributed by atoms with Crippen LogP contribution in [0.4, 0.5) is 14.9 Å². The van der Waals surface area contributed by atoms with Crippen LogP contribution in [0, 0.1) is 5.82 Å². The van der Waals surface area contributed by atoms with E-state index < -0.39 is 18.2 Å². The Hall–Kier alpha value is -3.62. The molecule has 0 spiro atoms. The van der Waals surface area contributed by atoms with E-state index in [9.17, 15) is 14.0 Å². The number of aliphatic imine (C=N–C) groups is 1. The lowest BCUT2D eigenvalue weighted by Gasteiger charge is -2.40. The maximum atomic E-state index is 13.4. The van der Waals surface area contributed by atoms with Gasteiger partial charge in [0.25, 0.3) is 5.91 Å². The first-order chi connectivity index (χ1) is 15.0. The van der Waals surface area contributed by atoms with Gasteiger partial charge in [-0.1, -0.05) is 12.1 Å². The second-order valence-corrected chi connectivity index (χ2v) is 7.77. The van der Waals surface area contributed by atoms with Gasteiger partial charge in [0.15, 0.2) is 12.2 Å². The summed E-state index contributed by atoms with van der Waals surface area (Å²) in [6.45, 7) is 1.42. The van der Waals surface area contributed by atoms with E-state index in [1.54, 1.807) is 26.3 Å². The maximum Gasteiger partial charge on any atom is 0.328 e. The highest BCUT2D eigenvalue weighted by molar-refractivity contribution is 6.07. The van der Waals surface area contributed by atoms with E-state index in [2.05, 4.69) is 0 Å². The first-order valence-electron chi connectivity index (χ1n) is 10.1. The number of amides is 3. The summed E-state index contributed by atoms with van der Waals surface area (Å²) in [4.78, 5) is 37.8. The Bertz CT molecular complexity index is 1060. The normalized spacial score (nSPS) is 22.6. The molecule has 0 bridgehead atoms. The summed E-state index contributed by atoms with van der Waals surface area (Å²) in [6, 6.07) is 12.5. The van der Waals surface area contributed by atoms with Gasteiger partial charge in [0.05, 0.1) is 13.7 Å². The number of ether oxygens (including phenoxy) is 1. The Morgan fingerprint density at radius 1 is 1.06 bits per heavy atom. The molecule has 31 heavy (non-hydrogen) atoms. The van der Waals surface area contributed by atoms with Crippen molar-refractivity contribution in [2.24, 2.45) is 4.99 Å². The molecule has 5 rings (SSSR count). The standard InChI is InChI=1S/C22H22FN5O3/c1-25-19-18(20(29)28(22(25)30)13-14-3-5-15(23)6-4-14)27-12-11-26(21(27)24-19)16-7-9-17(31-2)10-8-16/h3-10,18-19H,11-13H2,1-2H3. The minimum atomic E-state index is -0.569. The highest BCUT2D eigenvalue weighted by Gasteiger charge is 2.54. The molecule has 9 heteroatoms. The number of carbonyl (C=O) groups is 2. The smallest absolute Gasteiger partial charge is 0.328 e. The highest BCUT2D eigenvalue weighted by Crippen LogP contribution is 2.34. The summed E-state index contributed by atoms with van der Waals surface area (Å²) in [5.41, 5.74) is 1.64. The number of benzene rings is 2. The molecular formula is C22H22FN5O3. The van der Waals surface area contributed by atoms with Crippen molar-refractivity contribution in [3.63, 3.8) is 0 Å². The number of halogens is 1. The van der Waals surface area contributed by atoms with Crippen LogP contribution in [0.1, 0.15) is 5.56 Å². The van der Waals surface area contributed by atoms with Crippen LogP contribution in [-0.4, -0.2) is 72.1 Å². The number of nitrogens with zero attached hydrogens (tertiary/aromatic N) is 5. The van der Waals surface area contributed by atoms with Crippen molar-refractivity contribution >= 4 is 23.6 Å². The van der Waals surface area contributed by atoms with Crippen molar-refractivity contribution in [2.45, 2.75) is 18.8 Å². The van der Waals surface area contributed by atoms with Gasteiger partial charge in [-0.05, 0) is 42.0 Å². The zero-order valence-corrected chi connectivity index (χ0v) is 17.2. The van der Waals surface area contributed by atoms with E-state index in [4.69, 9.17) is 9.73 Å². The molecule has 160 valence electrons. The number of hydrogen-bond acceptors (Lipinski definition) is 6. The van der Waals surface area contributed by atoms with Crippen molar-refractivity contribution < 1.29 is 18.7 Å². The predicted octanol–water partition coefficient (Wildman–Crippen LogP) is 2.11. The summed E-state index contributed by atoms with van der Waals surface area (Å²) in [5.74, 6) is 0.810. The molecule has 2 saturated heterocycles. The van der Waals surface area contributed by atoms with E-state index >= 15 is 0 Å². The van der Waals surface area contributed by atoms with Crippen LogP contribution in [0.5, 0.6) is 5.75 Å². The van der Waals surface area contributed by atoms with Gasteiger partial charge in [0, 0.05) is 25.8 Å². The van der Waals surface area contributed by atoms with Crippen LogP contribution < -0.4 is 9.64 Å². The number of anilines is 1. The second-order valence-electron chi connectivity index (χ2n) is 7.77. The first kappa shape index (κ1) is 19.3. The van der Waals surface area contributed by atoms with Crippen LogP contribution in [0.2, 0.25) is 0 Å². The third-order valence-electron chi connectivity index (χ3n) is 6.02. The fourth-order valence-electron chi connectivity index (χ4n) is 4.36. The third-order valence-corrected chi connectivity index (χ3v) is 6.02. The second kappa shape index (κ2) is 7.26. The van der Waals surface area contributed by atoms with Gasteiger partial charge >= 0.3 is 6.03 Å². The molecule has 0 aliphatic carbocycles. The lowest BCUT2D eigenvalue weighted by molar-refractivity contribution is -0.137. The lowest BCUT2D eigenvalue weighted by atomic mass is 10.1. The van der Waals surface area contributed by atoms with Gasteiger partial charge in [-0.2, -0.15) is 0 Å². The number of urea groups is 1. The lowest BCUT2D eigenvalue weighted by Crippen LogP contribution is -2.64. The molecule has 2 unspecified atom stereocenters. The van der Waals surface area contributed by atoms with E-state index in [1.165, 1.54) is 21.9 Å². The van der Waals surface area contributed by atoms with Crippen LogP contribution >= 0.6 is 0 Å². The summed E-state index contributed by atoms with van der Waals surface area (Å²) in [7, 11) is 3.28. The molecule has 0 radical (unpaired) electrons. The molecular weight excluding hydrogens is 401 g/mol. The number of hydrogen-bond donors (Lipinski definition) is 0. The average Bonchev–Trinajstić information content (AvgIpc) is 3.36. The van der Waals surface area contributed by atoms with Gasteiger partial charge in [-0.25, -0.2) is 14.2 Å². The molecule has 0 N–H and O–H groups in total. The average molecular weight is 423 g/mol. The third kappa shape index (κ3) is 3.08. The first-order valence-corrected chi connectivity index (χ1v) is 10.1. The van der Waals surface area contributed by atoms with Gasteiger partial charge < -0.3 is 19.4 Å². The number of fused-ring (bicyclic) bond motifs is 3. The van der Waals surface area contributed by atoms with Gasteiger partial charge in [-0.3, -0.25) is 9.69 Å². The predicted molar refractivity (Wildman–Crippen MR) is 112 cm³/mol. The Labute approximate surface area is 179 Å². The summed E-state index contributed by atoms with van der Waals surface area (Å²) >= 11 is 0. The number of imide groups is 1. The van der Waals surface area contributed by atoms with Crippen molar-refractivity contribution in [1.82, 2.24) is 14.7 Å². The maximum absolute atomic E-state index is 13.4. The zero-order chi connectivity index (χ0) is 21.7. The quantitative estimate of drug-likeness (QED) is 0.754. The van der Waals surface area contributed by atoms with Crippen molar-refractivity contribution in [1.29, 1.82) is 0 Å². The Balaban J connectivity index is 1.41. The number of carbonyl (C=O) groups excluding carboxylic acids is 2. The van der Waals surface area contributed by atoms with E-state index in [0.717, 1.165) is 11.4 Å². The molecule has 8 nitrogen and oxygen atoms in total. The summed E-state index contributed by atoms with van der Waals surface area (Å²) in [6.07, 6.45) is -0.569. The molecule has 2 fully saturated rings. The number of rotatable bonds is 4. The number of methoxy groups -OCH3 is 1. The van der Waals surface area contributed by atoms with Crippen LogP contribution in [0.25, 0.3) is 0 Å². The Morgan fingerprint density at radius 2 is 1.77 bits per heavy atom. The van der Waals surface area contributed by atoms with Gasteiger partial charge in [0.2, 0.25) is 5.96 Å². The highest BCUT2D eigenvalue weighted by atomic mass is 19.1. The number of likely N-dealkylation sites (N-methyl/N-ethyl adjacent to an activating group) is 1. The molecule has 0 saturated carbocycles. The van der Waals surface area contributed by atoms with Crippen molar-refractivity contribution in [3.05, 3.63) is 59.9 Å². The Morgan fingerprint density at radius 3 is 2.45 bits per heavy atom.